The highest BCUT2D eigenvalue weighted by Crippen LogP contribution is 2.52. The van der Waals surface area contributed by atoms with Crippen LogP contribution in [0.1, 0.15) is 37.2 Å². The van der Waals surface area contributed by atoms with Crippen molar-refractivity contribution in [2.75, 3.05) is 41.8 Å². The molecule has 1 N–H and O–H groups in total. The van der Waals surface area contributed by atoms with Gasteiger partial charge in [0, 0.05) is 30.4 Å². The number of anilines is 2. The highest BCUT2D eigenvalue weighted by Gasteiger charge is 2.49. The minimum absolute atomic E-state index is 0.120. The van der Waals surface area contributed by atoms with Gasteiger partial charge < -0.3 is 14.9 Å². The highest BCUT2D eigenvalue weighted by molar-refractivity contribution is 7.85. The third-order valence-electron chi connectivity index (χ3n) is 7.94. The van der Waals surface area contributed by atoms with E-state index in [0.717, 1.165) is 54.0 Å². The van der Waals surface area contributed by atoms with Crippen molar-refractivity contribution >= 4 is 34.2 Å². The second-order valence-corrected chi connectivity index (χ2v) is 11.5. The van der Waals surface area contributed by atoms with Gasteiger partial charge in [0.2, 0.25) is 5.95 Å². The minimum Gasteiger partial charge on any atom is -0.394 e. The zero-order valence-corrected chi connectivity index (χ0v) is 19.0. The Hall–Kier alpha value is -1.70. The van der Waals surface area contributed by atoms with E-state index in [9.17, 15) is 9.32 Å². The van der Waals surface area contributed by atoms with Gasteiger partial charge in [0.15, 0.2) is 5.82 Å². The van der Waals surface area contributed by atoms with Gasteiger partial charge in [-0.25, -0.2) is 4.98 Å². The summed E-state index contributed by atoms with van der Waals surface area (Å²) in [6.07, 6.45) is 6.06. The number of aliphatic hydroxyl groups excluding tert-OH is 1. The molecule has 1 aromatic carbocycles. The van der Waals surface area contributed by atoms with Gasteiger partial charge in [-0.1, -0.05) is 23.7 Å². The second-order valence-electron chi connectivity index (χ2n) is 9.53. The lowest BCUT2D eigenvalue weighted by molar-refractivity contribution is 0.110. The molecule has 0 radical (unpaired) electrons. The van der Waals surface area contributed by atoms with Gasteiger partial charge in [-0.3, -0.25) is 4.21 Å². The van der Waals surface area contributed by atoms with Crippen LogP contribution in [0.15, 0.2) is 35.4 Å². The van der Waals surface area contributed by atoms with Gasteiger partial charge in [-0.15, -0.1) is 0 Å². The summed E-state index contributed by atoms with van der Waals surface area (Å²) in [4.78, 5) is 14.8. The quantitative estimate of drug-likeness (QED) is 0.758. The van der Waals surface area contributed by atoms with Crippen LogP contribution in [0.25, 0.3) is 0 Å². The molecule has 2 saturated carbocycles. The summed E-state index contributed by atoms with van der Waals surface area (Å²) in [7, 11) is -1.07. The van der Waals surface area contributed by atoms with Crippen molar-refractivity contribution in [3.63, 3.8) is 0 Å². The number of hydrogen-bond acceptors (Lipinski definition) is 6. The first kappa shape index (κ1) is 19.9. The lowest BCUT2D eigenvalue weighted by Gasteiger charge is -2.54. The molecule has 164 valence electrons. The Bertz CT molecular complexity index is 1010. The summed E-state index contributed by atoms with van der Waals surface area (Å²) >= 11 is 6.07. The average molecular weight is 459 g/mol. The molecule has 3 atom stereocenters. The maximum atomic E-state index is 12.6. The summed E-state index contributed by atoms with van der Waals surface area (Å²) in [6, 6.07) is 8.30. The molecular weight excluding hydrogens is 432 g/mol. The Morgan fingerprint density at radius 2 is 1.94 bits per heavy atom. The number of benzene rings is 1. The van der Waals surface area contributed by atoms with E-state index in [1.54, 1.807) is 6.20 Å². The van der Waals surface area contributed by atoms with Crippen LogP contribution < -0.4 is 9.80 Å². The van der Waals surface area contributed by atoms with Crippen LogP contribution >= 0.6 is 11.6 Å². The van der Waals surface area contributed by atoms with Crippen molar-refractivity contribution < 1.29 is 9.32 Å². The van der Waals surface area contributed by atoms with Gasteiger partial charge in [0.25, 0.3) is 0 Å². The molecule has 3 unspecified atom stereocenters. The largest absolute Gasteiger partial charge is 0.394 e. The monoisotopic (exact) mass is 458 g/mol. The molecule has 4 heterocycles. The number of hydrogen-bond donors (Lipinski definition) is 1. The number of nitrogens with zero attached hydrogens (tertiary/aromatic N) is 4. The Morgan fingerprint density at radius 1 is 1.19 bits per heavy atom. The van der Waals surface area contributed by atoms with Crippen LogP contribution in [-0.2, 0) is 10.8 Å². The zero-order chi connectivity index (χ0) is 21.2. The van der Waals surface area contributed by atoms with Crippen LogP contribution in [0.5, 0.6) is 0 Å². The molecule has 31 heavy (non-hydrogen) atoms. The number of rotatable bonds is 4. The molecule has 8 heteroatoms. The van der Waals surface area contributed by atoms with E-state index in [2.05, 4.69) is 26.9 Å². The summed E-state index contributed by atoms with van der Waals surface area (Å²) in [5.74, 6) is 3.87. The Labute approximate surface area is 190 Å². The average Bonchev–Trinajstić information content (AvgIpc) is 2.76. The van der Waals surface area contributed by atoms with Crippen LogP contribution in [0.3, 0.4) is 0 Å². The van der Waals surface area contributed by atoms with E-state index < -0.39 is 10.8 Å². The lowest BCUT2D eigenvalue weighted by Crippen LogP contribution is -2.59. The Morgan fingerprint density at radius 3 is 2.58 bits per heavy atom. The SMILES string of the molecule is O=S1CCN(C2(CO)CCC2)c2nc(N3CC4CC(C3)C4c3ccc(Cl)cc3)ncc21. The molecule has 4 fully saturated rings. The first-order valence-corrected chi connectivity index (χ1v) is 12.9. The van der Waals surface area contributed by atoms with Crippen LogP contribution in [0.2, 0.25) is 5.02 Å². The molecule has 1 aromatic heterocycles. The first-order chi connectivity index (χ1) is 15.1. The van der Waals surface area contributed by atoms with Crippen molar-refractivity contribution in [3.05, 3.63) is 41.0 Å². The summed E-state index contributed by atoms with van der Waals surface area (Å²) in [5, 5.41) is 10.9. The maximum Gasteiger partial charge on any atom is 0.227 e. The van der Waals surface area contributed by atoms with Crippen molar-refractivity contribution in [3.8, 4) is 0 Å². The third-order valence-corrected chi connectivity index (χ3v) is 9.53. The Balaban J connectivity index is 1.26. The van der Waals surface area contributed by atoms with Crippen molar-refractivity contribution in [1.82, 2.24) is 9.97 Å². The van der Waals surface area contributed by atoms with Crippen LogP contribution in [-0.4, -0.2) is 56.8 Å². The van der Waals surface area contributed by atoms with Crippen LogP contribution in [0.4, 0.5) is 11.8 Å². The number of halogens is 1. The van der Waals surface area contributed by atoms with Gasteiger partial charge in [-0.2, -0.15) is 4.98 Å². The number of aliphatic hydroxyl groups is 1. The molecule has 5 aliphatic rings. The van der Waals surface area contributed by atoms with E-state index in [1.165, 1.54) is 12.0 Å². The summed E-state index contributed by atoms with van der Waals surface area (Å²) in [6.45, 7) is 2.68. The fraction of sp³-hybridized carbons (Fsp3) is 0.565. The highest BCUT2D eigenvalue weighted by atomic mass is 35.5. The topological polar surface area (TPSA) is 69.6 Å². The molecule has 6 nitrogen and oxygen atoms in total. The fourth-order valence-electron chi connectivity index (χ4n) is 6.09. The first-order valence-electron chi connectivity index (χ1n) is 11.2. The maximum absolute atomic E-state index is 12.6. The molecular formula is C23H27ClN4O2S. The number of fused-ring (bicyclic) bond motifs is 3. The van der Waals surface area contributed by atoms with E-state index >= 15 is 0 Å². The molecule has 2 aromatic rings. The molecule has 2 bridgehead atoms. The van der Waals surface area contributed by atoms with Crippen molar-refractivity contribution in [1.29, 1.82) is 0 Å². The van der Waals surface area contributed by atoms with E-state index in [4.69, 9.17) is 16.6 Å². The number of piperidine rings is 2. The van der Waals surface area contributed by atoms with Gasteiger partial charge in [-0.05, 0) is 61.1 Å². The third kappa shape index (κ3) is 3.11. The fourth-order valence-corrected chi connectivity index (χ4v) is 7.31. The molecule has 7 rings (SSSR count). The normalized spacial score (nSPS) is 30.9. The summed E-state index contributed by atoms with van der Waals surface area (Å²) in [5.41, 5.74) is 1.14. The van der Waals surface area contributed by atoms with E-state index in [1.807, 2.05) is 12.1 Å². The lowest BCUT2D eigenvalue weighted by atomic mass is 9.59. The van der Waals surface area contributed by atoms with Crippen molar-refractivity contribution in [2.24, 2.45) is 11.8 Å². The number of aromatic nitrogens is 2. The van der Waals surface area contributed by atoms with Gasteiger partial charge in [0.1, 0.15) is 0 Å². The predicted octanol–water partition coefficient (Wildman–Crippen LogP) is 3.21. The second kappa shape index (κ2) is 7.42. The van der Waals surface area contributed by atoms with E-state index in [-0.39, 0.29) is 12.1 Å². The standard InChI is InChI=1S/C23H27ClN4O2S/c24-18-4-2-15(3-5-18)20-16-10-17(20)13-27(12-16)22-25-11-19-21(26-22)28(8-9-31(19)30)23(14-29)6-1-7-23/h2-5,11,16-17,20,29H,1,6-10,12-14H2. The molecule has 3 aliphatic heterocycles. The molecule has 0 amide bonds. The Kier molecular flexibility index (Phi) is 4.78. The summed E-state index contributed by atoms with van der Waals surface area (Å²) < 4.78 is 12.6. The predicted molar refractivity (Wildman–Crippen MR) is 122 cm³/mol. The van der Waals surface area contributed by atoms with Gasteiger partial charge >= 0.3 is 0 Å². The smallest absolute Gasteiger partial charge is 0.227 e. The van der Waals surface area contributed by atoms with Crippen molar-refractivity contribution in [2.45, 2.75) is 42.0 Å². The van der Waals surface area contributed by atoms with Crippen LogP contribution in [0, 0.1) is 11.8 Å². The van der Waals surface area contributed by atoms with E-state index in [0.29, 0.717) is 30.1 Å². The molecule has 2 saturated heterocycles. The molecule has 2 aliphatic carbocycles. The van der Waals surface area contributed by atoms with Gasteiger partial charge in [0.05, 0.1) is 34.0 Å². The minimum atomic E-state index is -1.07. The molecule has 0 spiro atoms. The zero-order valence-electron chi connectivity index (χ0n) is 17.4.